The molecule has 0 aliphatic rings. The number of benzene rings is 1. The molecule has 0 heterocycles. The Balaban J connectivity index is 2.50. The summed E-state index contributed by atoms with van der Waals surface area (Å²) in [6.45, 7) is 0.475. The molecule has 4 nitrogen and oxygen atoms in total. The van der Waals surface area contributed by atoms with Crippen LogP contribution in [0.1, 0.15) is 17.5 Å². The van der Waals surface area contributed by atoms with E-state index in [1.807, 2.05) is 24.3 Å². The molecule has 1 aromatic rings. The molecule has 0 aromatic heterocycles. The molecular weight excluding hydrogens is 188 g/mol. The van der Waals surface area contributed by atoms with E-state index in [0.29, 0.717) is 12.1 Å². The molecule has 74 valence electrons. The van der Waals surface area contributed by atoms with Gasteiger partial charge in [-0.2, -0.15) is 5.26 Å². The molecule has 0 spiro atoms. The second kappa shape index (κ2) is 6.25. The van der Waals surface area contributed by atoms with Gasteiger partial charge in [0.15, 0.2) is 0 Å². The summed E-state index contributed by atoms with van der Waals surface area (Å²) in [5, 5.41) is 12.0. The van der Waals surface area contributed by atoms with Crippen molar-refractivity contribution in [2.24, 2.45) is 5.11 Å². The highest BCUT2D eigenvalue weighted by Gasteiger charge is 1.88. The van der Waals surface area contributed by atoms with Gasteiger partial charge in [0.1, 0.15) is 0 Å². The molecule has 0 aliphatic carbocycles. The summed E-state index contributed by atoms with van der Waals surface area (Å²) in [7, 11) is 0. The van der Waals surface area contributed by atoms with Gasteiger partial charge in [0.05, 0.1) is 11.6 Å². The molecule has 1 aromatic carbocycles. The van der Waals surface area contributed by atoms with Crippen LogP contribution in [0, 0.1) is 11.3 Å². The average molecular weight is 198 g/mol. The number of nitriles is 1. The predicted molar refractivity (Wildman–Crippen MR) is 58.8 cm³/mol. The number of rotatable bonds is 4. The highest BCUT2D eigenvalue weighted by Crippen LogP contribution is 2.05. The maximum Gasteiger partial charge on any atom is 0.0991 e. The first-order valence-corrected chi connectivity index (χ1v) is 4.54. The number of hydrogen-bond donors (Lipinski definition) is 0. The normalized spacial score (nSPS) is 9.53. The molecule has 0 amide bonds. The first-order chi connectivity index (χ1) is 7.36. The van der Waals surface area contributed by atoms with Gasteiger partial charge < -0.3 is 0 Å². The highest BCUT2D eigenvalue weighted by atomic mass is 15.1. The van der Waals surface area contributed by atoms with Crippen LogP contribution >= 0.6 is 0 Å². The van der Waals surface area contributed by atoms with E-state index in [4.69, 9.17) is 10.8 Å². The van der Waals surface area contributed by atoms with Crippen molar-refractivity contribution >= 4 is 6.08 Å². The van der Waals surface area contributed by atoms with Gasteiger partial charge in [-0.05, 0) is 29.6 Å². The predicted octanol–water partition coefficient (Wildman–Crippen LogP) is 3.27. The summed E-state index contributed by atoms with van der Waals surface area (Å²) < 4.78 is 0. The third kappa shape index (κ3) is 3.99. The molecule has 0 aliphatic heterocycles. The van der Waals surface area contributed by atoms with Gasteiger partial charge >= 0.3 is 0 Å². The second-order valence-electron chi connectivity index (χ2n) is 2.88. The molecule has 0 saturated heterocycles. The van der Waals surface area contributed by atoms with E-state index in [2.05, 4.69) is 16.1 Å². The van der Waals surface area contributed by atoms with Gasteiger partial charge in [-0.15, -0.1) is 0 Å². The fraction of sp³-hybridized carbons (Fsp3) is 0.182. The first kappa shape index (κ1) is 10.8. The van der Waals surface area contributed by atoms with Gasteiger partial charge in [-0.1, -0.05) is 29.4 Å². The van der Waals surface area contributed by atoms with E-state index in [9.17, 15) is 0 Å². The molecule has 15 heavy (non-hydrogen) atoms. The fourth-order valence-electron chi connectivity index (χ4n) is 1.07. The fourth-order valence-corrected chi connectivity index (χ4v) is 1.07. The number of nitrogens with zero attached hydrogens (tertiary/aromatic N) is 4. The zero-order chi connectivity index (χ0) is 10.9. The van der Waals surface area contributed by atoms with Gasteiger partial charge in [0.25, 0.3) is 0 Å². The Kier molecular flexibility index (Phi) is 4.52. The minimum atomic E-state index is 0.475. The molecule has 0 bridgehead atoms. The Morgan fingerprint density at radius 1 is 1.40 bits per heavy atom. The standard InChI is InChI=1S/C11H10N4/c12-9-11-6-4-10(5-7-11)3-1-2-8-14-15-13/h1,3-7H,2,8H2. The third-order valence-corrected chi connectivity index (χ3v) is 1.81. The third-order valence-electron chi connectivity index (χ3n) is 1.81. The van der Waals surface area contributed by atoms with Gasteiger partial charge in [-0.3, -0.25) is 0 Å². The van der Waals surface area contributed by atoms with Crippen molar-refractivity contribution < 1.29 is 0 Å². The number of azide groups is 1. The van der Waals surface area contributed by atoms with Crippen LogP contribution < -0.4 is 0 Å². The highest BCUT2D eigenvalue weighted by molar-refractivity contribution is 5.50. The first-order valence-electron chi connectivity index (χ1n) is 4.54. The summed E-state index contributed by atoms with van der Waals surface area (Å²) in [6.07, 6.45) is 4.61. The number of hydrogen-bond acceptors (Lipinski definition) is 2. The van der Waals surface area contributed by atoms with Crippen molar-refractivity contribution in [3.05, 3.63) is 51.9 Å². The minimum Gasteiger partial charge on any atom is -0.192 e. The lowest BCUT2D eigenvalue weighted by Gasteiger charge is -1.92. The van der Waals surface area contributed by atoms with Crippen LogP contribution in [0.5, 0.6) is 0 Å². The van der Waals surface area contributed by atoms with Crippen LogP contribution in [0.4, 0.5) is 0 Å². The molecule has 4 heteroatoms. The lowest BCUT2D eigenvalue weighted by atomic mass is 10.1. The molecule has 0 atom stereocenters. The van der Waals surface area contributed by atoms with Crippen LogP contribution in [0.3, 0.4) is 0 Å². The van der Waals surface area contributed by atoms with Crippen LogP contribution in [-0.2, 0) is 0 Å². The van der Waals surface area contributed by atoms with Gasteiger partial charge in [0.2, 0.25) is 0 Å². The Labute approximate surface area is 88.1 Å². The monoisotopic (exact) mass is 198 g/mol. The maximum atomic E-state index is 8.59. The van der Waals surface area contributed by atoms with Crippen molar-refractivity contribution in [3.8, 4) is 6.07 Å². The largest absolute Gasteiger partial charge is 0.192 e. The van der Waals surface area contributed by atoms with E-state index in [0.717, 1.165) is 12.0 Å². The van der Waals surface area contributed by atoms with Crippen molar-refractivity contribution in [3.63, 3.8) is 0 Å². The molecule has 0 fully saturated rings. The van der Waals surface area contributed by atoms with E-state index < -0.39 is 0 Å². The van der Waals surface area contributed by atoms with Gasteiger partial charge in [0, 0.05) is 11.5 Å². The van der Waals surface area contributed by atoms with E-state index in [1.54, 1.807) is 12.1 Å². The zero-order valence-electron chi connectivity index (χ0n) is 8.17. The van der Waals surface area contributed by atoms with Crippen LogP contribution in [0.2, 0.25) is 0 Å². The molecule has 0 unspecified atom stereocenters. The molecule has 0 radical (unpaired) electrons. The lowest BCUT2D eigenvalue weighted by molar-refractivity contribution is 0.996. The summed E-state index contributed by atoms with van der Waals surface area (Å²) in [6, 6.07) is 9.36. The van der Waals surface area contributed by atoms with Crippen molar-refractivity contribution in [2.75, 3.05) is 6.54 Å². The van der Waals surface area contributed by atoms with Crippen molar-refractivity contribution in [2.45, 2.75) is 6.42 Å². The molecule has 1 rings (SSSR count). The molecule has 0 saturated carbocycles. The summed E-state index contributed by atoms with van der Waals surface area (Å²) >= 11 is 0. The summed E-state index contributed by atoms with van der Waals surface area (Å²) in [4.78, 5) is 2.66. The van der Waals surface area contributed by atoms with Gasteiger partial charge in [-0.25, -0.2) is 0 Å². The van der Waals surface area contributed by atoms with Crippen LogP contribution in [0.15, 0.2) is 35.5 Å². The van der Waals surface area contributed by atoms with E-state index in [-0.39, 0.29) is 0 Å². The SMILES string of the molecule is N#Cc1ccc(C=CCCN=[N+]=[N-])cc1. The Morgan fingerprint density at radius 2 is 2.13 bits per heavy atom. The van der Waals surface area contributed by atoms with Crippen LogP contribution in [0.25, 0.3) is 16.5 Å². The van der Waals surface area contributed by atoms with E-state index >= 15 is 0 Å². The minimum absolute atomic E-state index is 0.475. The quantitative estimate of drug-likeness (QED) is 0.316. The zero-order valence-corrected chi connectivity index (χ0v) is 8.17. The van der Waals surface area contributed by atoms with Crippen molar-refractivity contribution in [1.82, 2.24) is 0 Å². The average Bonchev–Trinajstić information content (AvgIpc) is 2.30. The van der Waals surface area contributed by atoms with Crippen LogP contribution in [-0.4, -0.2) is 6.54 Å². The lowest BCUT2D eigenvalue weighted by Crippen LogP contribution is -1.76. The Hall–Kier alpha value is -2.24. The molecular formula is C11H10N4. The Morgan fingerprint density at radius 3 is 2.73 bits per heavy atom. The Bertz CT molecular complexity index is 419. The summed E-state index contributed by atoms with van der Waals surface area (Å²) in [5.74, 6) is 0. The second-order valence-corrected chi connectivity index (χ2v) is 2.88. The molecule has 0 N–H and O–H groups in total. The summed E-state index contributed by atoms with van der Waals surface area (Å²) in [5.41, 5.74) is 9.73. The maximum absolute atomic E-state index is 8.59. The smallest absolute Gasteiger partial charge is 0.0991 e. The van der Waals surface area contributed by atoms with E-state index in [1.165, 1.54) is 0 Å². The topological polar surface area (TPSA) is 72.5 Å². The van der Waals surface area contributed by atoms with Crippen molar-refractivity contribution in [1.29, 1.82) is 5.26 Å².